The van der Waals surface area contributed by atoms with Crippen LogP contribution >= 0.6 is 24.0 Å². The largest absolute Gasteiger partial charge is 0.370 e. The number of aryl methyl sites for hydroxylation is 1. The average Bonchev–Trinajstić information content (AvgIpc) is 2.53. The van der Waals surface area contributed by atoms with E-state index in [2.05, 4.69) is 53.6 Å². The summed E-state index contributed by atoms with van der Waals surface area (Å²) < 4.78 is 0. The molecule has 0 spiro atoms. The highest BCUT2D eigenvalue weighted by atomic mass is 127. The lowest BCUT2D eigenvalue weighted by Crippen LogP contribution is -2.22. The van der Waals surface area contributed by atoms with Crippen molar-refractivity contribution in [3.63, 3.8) is 0 Å². The van der Waals surface area contributed by atoms with Crippen LogP contribution in [0.3, 0.4) is 0 Å². The van der Waals surface area contributed by atoms with Gasteiger partial charge in [0.1, 0.15) is 0 Å². The fraction of sp³-hybridized carbons (Fsp3) is 0.105. The van der Waals surface area contributed by atoms with Crippen molar-refractivity contribution in [3.05, 3.63) is 77.9 Å². The molecule has 0 aliphatic heterocycles. The van der Waals surface area contributed by atoms with Gasteiger partial charge >= 0.3 is 0 Å². The first kappa shape index (κ1) is 17.3. The highest BCUT2D eigenvalue weighted by Gasteiger charge is 2.00. The molecule has 3 N–H and O–H groups in total. The minimum absolute atomic E-state index is 0. The van der Waals surface area contributed by atoms with Gasteiger partial charge in [-0.1, -0.05) is 54.6 Å². The van der Waals surface area contributed by atoms with Gasteiger partial charge in [-0.25, -0.2) is 4.99 Å². The average molecular weight is 417 g/mol. The molecule has 0 aliphatic carbocycles. The molecule has 0 radical (unpaired) electrons. The predicted molar refractivity (Wildman–Crippen MR) is 109 cm³/mol. The minimum atomic E-state index is 0. The number of hydrogen-bond acceptors (Lipinski definition) is 1. The Labute approximate surface area is 153 Å². The summed E-state index contributed by atoms with van der Waals surface area (Å²) in [5, 5.41) is 5.57. The van der Waals surface area contributed by atoms with Crippen molar-refractivity contribution in [2.24, 2.45) is 10.7 Å². The van der Waals surface area contributed by atoms with Crippen LogP contribution in [-0.2, 0) is 6.54 Å². The summed E-state index contributed by atoms with van der Waals surface area (Å²) in [6, 6.07) is 22.6. The summed E-state index contributed by atoms with van der Waals surface area (Å²) in [5.74, 6) is 0.429. The normalized spacial score (nSPS) is 11.1. The second-order valence-electron chi connectivity index (χ2n) is 5.33. The molecule has 0 unspecified atom stereocenters. The van der Waals surface area contributed by atoms with Gasteiger partial charge in [-0.05, 0) is 41.0 Å². The predicted octanol–water partition coefficient (Wildman–Crippen LogP) is 4.69. The summed E-state index contributed by atoms with van der Waals surface area (Å²) in [5.41, 5.74) is 9.30. The fourth-order valence-corrected chi connectivity index (χ4v) is 2.51. The van der Waals surface area contributed by atoms with Gasteiger partial charge in [0.2, 0.25) is 0 Å². The molecule has 0 bridgehead atoms. The van der Waals surface area contributed by atoms with E-state index in [1.807, 2.05) is 30.3 Å². The van der Waals surface area contributed by atoms with Gasteiger partial charge in [-0.2, -0.15) is 0 Å². The van der Waals surface area contributed by atoms with Gasteiger partial charge in [-0.15, -0.1) is 24.0 Å². The Morgan fingerprint density at radius 2 is 1.74 bits per heavy atom. The molecule has 3 nitrogen and oxygen atoms in total. The molecular weight excluding hydrogens is 397 g/mol. The Hall–Kier alpha value is -2.08. The number of guanidine groups is 1. The molecule has 0 saturated carbocycles. The quantitative estimate of drug-likeness (QED) is 0.369. The number of nitrogens with one attached hydrogen (secondary N) is 1. The van der Waals surface area contributed by atoms with Crippen molar-refractivity contribution in [2.75, 3.05) is 5.32 Å². The first-order valence-corrected chi connectivity index (χ1v) is 7.32. The second kappa shape index (κ2) is 7.97. The summed E-state index contributed by atoms with van der Waals surface area (Å²) in [6.07, 6.45) is 0. The first-order chi connectivity index (χ1) is 10.7. The molecular formula is C19H20IN3. The van der Waals surface area contributed by atoms with Gasteiger partial charge < -0.3 is 11.1 Å². The summed E-state index contributed by atoms with van der Waals surface area (Å²) in [4.78, 5) is 4.45. The summed E-state index contributed by atoms with van der Waals surface area (Å²) in [6.45, 7) is 2.61. The molecule has 0 aromatic heterocycles. The Morgan fingerprint density at radius 1 is 1.00 bits per heavy atom. The van der Waals surface area contributed by atoms with E-state index in [1.54, 1.807) is 0 Å². The van der Waals surface area contributed by atoms with Gasteiger partial charge in [0.25, 0.3) is 0 Å². The van der Waals surface area contributed by atoms with E-state index < -0.39 is 0 Å². The topological polar surface area (TPSA) is 50.4 Å². The van der Waals surface area contributed by atoms with Crippen LogP contribution in [0.4, 0.5) is 5.69 Å². The number of halogens is 1. The lowest BCUT2D eigenvalue weighted by molar-refractivity contribution is 1.07. The smallest absolute Gasteiger partial charge is 0.193 e. The molecule has 0 aliphatic rings. The highest BCUT2D eigenvalue weighted by molar-refractivity contribution is 14.0. The van der Waals surface area contributed by atoms with Crippen LogP contribution in [0.15, 0.2) is 71.7 Å². The molecule has 0 fully saturated rings. The standard InChI is InChI=1S/C19H19N3.HI/c1-14-6-4-10-17(12-14)22-19(20)21-13-16-9-5-8-15-7-2-3-11-18(15)16;/h2-12H,13H2,1H3,(H3,20,21,22);1H. The van der Waals surface area contributed by atoms with Crippen molar-refractivity contribution in [3.8, 4) is 0 Å². The summed E-state index contributed by atoms with van der Waals surface area (Å²) in [7, 11) is 0. The van der Waals surface area contributed by atoms with Crippen LogP contribution in [0.25, 0.3) is 10.8 Å². The number of anilines is 1. The molecule has 0 amide bonds. The second-order valence-corrected chi connectivity index (χ2v) is 5.33. The number of hydrogen-bond donors (Lipinski definition) is 2. The van der Waals surface area contributed by atoms with Crippen LogP contribution in [0.5, 0.6) is 0 Å². The van der Waals surface area contributed by atoms with E-state index in [9.17, 15) is 0 Å². The van der Waals surface area contributed by atoms with Crippen LogP contribution in [0, 0.1) is 6.92 Å². The lowest BCUT2D eigenvalue weighted by atomic mass is 10.1. The van der Waals surface area contributed by atoms with E-state index in [0.717, 1.165) is 5.69 Å². The number of benzene rings is 3. The molecule has 23 heavy (non-hydrogen) atoms. The molecule has 4 heteroatoms. The summed E-state index contributed by atoms with van der Waals surface area (Å²) >= 11 is 0. The van der Waals surface area contributed by atoms with E-state index in [0.29, 0.717) is 12.5 Å². The van der Waals surface area contributed by atoms with Crippen LogP contribution in [-0.4, -0.2) is 5.96 Å². The molecule has 3 rings (SSSR count). The number of rotatable bonds is 3. The van der Waals surface area contributed by atoms with Crippen LogP contribution in [0.1, 0.15) is 11.1 Å². The van der Waals surface area contributed by atoms with Crippen molar-refractivity contribution in [1.29, 1.82) is 0 Å². The molecule has 3 aromatic carbocycles. The Bertz CT molecular complexity index is 822. The molecule has 118 valence electrons. The van der Waals surface area contributed by atoms with Crippen molar-refractivity contribution >= 4 is 46.4 Å². The Kier molecular flexibility index (Phi) is 5.98. The maximum atomic E-state index is 5.99. The van der Waals surface area contributed by atoms with E-state index in [4.69, 9.17) is 5.73 Å². The zero-order valence-electron chi connectivity index (χ0n) is 13.0. The number of fused-ring (bicyclic) bond motifs is 1. The highest BCUT2D eigenvalue weighted by Crippen LogP contribution is 2.19. The van der Waals surface area contributed by atoms with Crippen LogP contribution in [0.2, 0.25) is 0 Å². The maximum Gasteiger partial charge on any atom is 0.193 e. The minimum Gasteiger partial charge on any atom is -0.370 e. The van der Waals surface area contributed by atoms with Gasteiger partial charge in [-0.3, -0.25) is 0 Å². The maximum absolute atomic E-state index is 5.99. The third-order valence-electron chi connectivity index (χ3n) is 3.59. The fourth-order valence-electron chi connectivity index (χ4n) is 2.51. The molecule has 0 atom stereocenters. The van der Waals surface area contributed by atoms with Crippen molar-refractivity contribution in [2.45, 2.75) is 13.5 Å². The number of nitrogens with two attached hydrogens (primary N) is 1. The van der Waals surface area contributed by atoms with Crippen molar-refractivity contribution < 1.29 is 0 Å². The lowest BCUT2D eigenvalue weighted by Gasteiger charge is -2.07. The zero-order chi connectivity index (χ0) is 15.4. The zero-order valence-corrected chi connectivity index (χ0v) is 15.3. The van der Waals surface area contributed by atoms with Crippen LogP contribution < -0.4 is 11.1 Å². The molecule has 0 heterocycles. The molecule has 0 saturated heterocycles. The van der Waals surface area contributed by atoms with Gasteiger partial charge in [0.05, 0.1) is 6.54 Å². The van der Waals surface area contributed by atoms with E-state index >= 15 is 0 Å². The number of nitrogens with zero attached hydrogens (tertiary/aromatic N) is 1. The first-order valence-electron chi connectivity index (χ1n) is 7.32. The monoisotopic (exact) mass is 417 g/mol. The van der Waals surface area contributed by atoms with Crippen molar-refractivity contribution in [1.82, 2.24) is 0 Å². The third-order valence-corrected chi connectivity index (χ3v) is 3.59. The molecule has 3 aromatic rings. The number of aliphatic imine (C=N–C) groups is 1. The van der Waals surface area contributed by atoms with Gasteiger partial charge in [0.15, 0.2) is 5.96 Å². The third kappa shape index (κ3) is 4.45. The Morgan fingerprint density at radius 3 is 2.57 bits per heavy atom. The SMILES string of the molecule is Cc1cccc(NC(N)=NCc2cccc3ccccc23)c1.I. The van der Waals surface area contributed by atoms with E-state index in [1.165, 1.54) is 21.9 Å². The Balaban J connectivity index is 0.00000192. The van der Waals surface area contributed by atoms with Gasteiger partial charge in [0, 0.05) is 5.69 Å². The van der Waals surface area contributed by atoms with E-state index in [-0.39, 0.29) is 24.0 Å².